The van der Waals surface area contributed by atoms with E-state index in [4.69, 9.17) is 15.0 Å². The van der Waals surface area contributed by atoms with Crippen molar-refractivity contribution in [3.8, 4) is 73.6 Å². The summed E-state index contributed by atoms with van der Waals surface area (Å²) in [6.45, 7) is 0. The first-order valence-electron chi connectivity index (χ1n) is 15.8. The van der Waals surface area contributed by atoms with Gasteiger partial charge in [-0.2, -0.15) is 5.26 Å². The molecule has 0 saturated heterocycles. The molecule has 1 aromatic heterocycles. The van der Waals surface area contributed by atoms with Crippen LogP contribution in [0.25, 0.3) is 78.3 Å². The fourth-order valence-corrected chi connectivity index (χ4v) is 6.14. The third kappa shape index (κ3) is 5.62. The number of nitrogens with zero attached hydrogens (tertiary/aromatic N) is 4. The van der Waals surface area contributed by atoms with Gasteiger partial charge in [0.25, 0.3) is 0 Å². The Morgan fingerprint density at radius 2 is 0.750 bits per heavy atom. The van der Waals surface area contributed by atoms with Gasteiger partial charge >= 0.3 is 0 Å². The summed E-state index contributed by atoms with van der Waals surface area (Å²) in [4.78, 5) is 14.7. The maximum absolute atomic E-state index is 9.23. The zero-order chi connectivity index (χ0) is 32.3. The summed E-state index contributed by atoms with van der Waals surface area (Å²) in [5, 5.41) is 11.6. The van der Waals surface area contributed by atoms with Crippen molar-refractivity contribution in [2.45, 2.75) is 0 Å². The van der Waals surface area contributed by atoms with Crippen molar-refractivity contribution in [1.82, 2.24) is 15.0 Å². The lowest BCUT2D eigenvalue weighted by Crippen LogP contribution is -2.00. The van der Waals surface area contributed by atoms with Crippen molar-refractivity contribution in [3.05, 3.63) is 175 Å². The van der Waals surface area contributed by atoms with Gasteiger partial charge in [0.15, 0.2) is 17.5 Å². The smallest absolute Gasteiger partial charge is 0.164 e. The van der Waals surface area contributed by atoms with E-state index in [1.165, 1.54) is 16.3 Å². The van der Waals surface area contributed by atoms with Gasteiger partial charge in [0.1, 0.15) is 0 Å². The number of nitriles is 1. The molecule has 7 aromatic carbocycles. The summed E-state index contributed by atoms with van der Waals surface area (Å²) < 4.78 is 0. The third-order valence-corrected chi connectivity index (χ3v) is 8.60. The molecular weight excluding hydrogens is 585 g/mol. The minimum Gasteiger partial charge on any atom is -0.208 e. The second-order valence-electron chi connectivity index (χ2n) is 11.6. The van der Waals surface area contributed by atoms with Crippen LogP contribution in [0.2, 0.25) is 0 Å². The van der Waals surface area contributed by atoms with E-state index >= 15 is 0 Å². The molecule has 0 saturated carbocycles. The molecule has 4 heteroatoms. The molecule has 0 unspecified atom stereocenters. The zero-order valence-corrected chi connectivity index (χ0v) is 26.0. The van der Waals surface area contributed by atoms with Gasteiger partial charge in [0.2, 0.25) is 0 Å². The molecule has 0 atom stereocenters. The van der Waals surface area contributed by atoms with Crippen LogP contribution in [0.15, 0.2) is 170 Å². The summed E-state index contributed by atoms with van der Waals surface area (Å²) in [5.41, 5.74) is 10.2. The maximum Gasteiger partial charge on any atom is 0.164 e. The molecule has 4 nitrogen and oxygen atoms in total. The number of rotatable bonds is 6. The Bertz CT molecular complexity index is 2370. The van der Waals surface area contributed by atoms with Gasteiger partial charge in [-0.3, -0.25) is 0 Å². The van der Waals surface area contributed by atoms with Crippen LogP contribution in [0, 0.1) is 11.3 Å². The standard InChI is InChI=1S/C44H28N4/c45-29-30-18-20-32(21-19-30)38-26-27-39(41-17-8-7-16-40(38)41)33-24-22-31(23-25-33)36-14-9-15-37(28-36)44-47-42(34-10-3-1-4-11-34)46-43(48-44)35-12-5-2-6-13-35/h1-28H. The molecule has 0 aliphatic carbocycles. The predicted molar refractivity (Wildman–Crippen MR) is 195 cm³/mol. The van der Waals surface area contributed by atoms with E-state index in [1.807, 2.05) is 84.9 Å². The molecule has 0 spiro atoms. The van der Waals surface area contributed by atoms with Gasteiger partial charge in [0.05, 0.1) is 11.6 Å². The topological polar surface area (TPSA) is 62.5 Å². The van der Waals surface area contributed by atoms with Crippen LogP contribution in [0.5, 0.6) is 0 Å². The van der Waals surface area contributed by atoms with E-state index in [1.54, 1.807) is 0 Å². The number of hydrogen-bond acceptors (Lipinski definition) is 4. The van der Waals surface area contributed by atoms with Gasteiger partial charge in [0, 0.05) is 16.7 Å². The first-order valence-corrected chi connectivity index (χ1v) is 15.8. The summed E-state index contributed by atoms with van der Waals surface area (Å²) >= 11 is 0. The number of benzene rings is 7. The summed E-state index contributed by atoms with van der Waals surface area (Å²) in [6, 6.07) is 60.1. The van der Waals surface area contributed by atoms with Gasteiger partial charge < -0.3 is 0 Å². The van der Waals surface area contributed by atoms with Gasteiger partial charge in [-0.1, -0.05) is 152 Å². The molecule has 0 bridgehead atoms. The summed E-state index contributed by atoms with van der Waals surface area (Å²) in [5.74, 6) is 1.92. The lowest BCUT2D eigenvalue weighted by Gasteiger charge is -2.13. The minimum atomic E-state index is 0.634. The predicted octanol–water partition coefficient (Wildman–Crippen LogP) is 10.9. The Hall–Kier alpha value is -6.70. The van der Waals surface area contributed by atoms with Crippen molar-refractivity contribution < 1.29 is 0 Å². The molecule has 1 heterocycles. The zero-order valence-electron chi connectivity index (χ0n) is 26.0. The van der Waals surface area contributed by atoms with Gasteiger partial charge in [-0.25, -0.2) is 15.0 Å². The Labute approximate surface area is 279 Å². The average Bonchev–Trinajstić information content (AvgIpc) is 3.18. The minimum absolute atomic E-state index is 0.634. The van der Waals surface area contributed by atoms with Crippen LogP contribution in [0.3, 0.4) is 0 Å². The van der Waals surface area contributed by atoms with E-state index < -0.39 is 0 Å². The largest absolute Gasteiger partial charge is 0.208 e. The molecule has 0 N–H and O–H groups in total. The summed E-state index contributed by atoms with van der Waals surface area (Å²) in [6.07, 6.45) is 0. The number of aromatic nitrogens is 3. The van der Waals surface area contributed by atoms with E-state index in [0.717, 1.165) is 44.5 Å². The van der Waals surface area contributed by atoms with Crippen LogP contribution in [-0.4, -0.2) is 15.0 Å². The monoisotopic (exact) mass is 612 g/mol. The lowest BCUT2D eigenvalue weighted by atomic mass is 9.91. The van der Waals surface area contributed by atoms with E-state index in [0.29, 0.717) is 23.0 Å². The summed E-state index contributed by atoms with van der Waals surface area (Å²) in [7, 11) is 0. The average molecular weight is 613 g/mol. The van der Waals surface area contributed by atoms with E-state index in [-0.39, 0.29) is 0 Å². The molecule has 0 fully saturated rings. The van der Waals surface area contributed by atoms with Crippen LogP contribution in [0.1, 0.15) is 5.56 Å². The quantitative estimate of drug-likeness (QED) is 0.187. The number of hydrogen-bond donors (Lipinski definition) is 0. The van der Waals surface area contributed by atoms with Crippen molar-refractivity contribution >= 4 is 10.8 Å². The third-order valence-electron chi connectivity index (χ3n) is 8.60. The van der Waals surface area contributed by atoms with Crippen molar-refractivity contribution in [2.24, 2.45) is 0 Å². The molecule has 8 rings (SSSR count). The SMILES string of the molecule is N#Cc1ccc(-c2ccc(-c3ccc(-c4cccc(-c5nc(-c6ccccc6)nc(-c6ccccc6)n5)c4)cc3)c3ccccc23)cc1. The van der Waals surface area contributed by atoms with Crippen LogP contribution >= 0.6 is 0 Å². The fraction of sp³-hybridized carbons (Fsp3) is 0. The Kier molecular flexibility index (Phi) is 7.54. The molecule has 0 amide bonds. The van der Waals surface area contributed by atoms with Crippen LogP contribution in [-0.2, 0) is 0 Å². The Balaban J connectivity index is 1.15. The number of fused-ring (bicyclic) bond motifs is 1. The van der Waals surface area contributed by atoms with Crippen LogP contribution < -0.4 is 0 Å². The molecule has 48 heavy (non-hydrogen) atoms. The molecule has 0 aliphatic heterocycles. The maximum atomic E-state index is 9.23. The van der Waals surface area contributed by atoms with E-state index in [2.05, 4.69) is 91.0 Å². The highest BCUT2D eigenvalue weighted by Crippen LogP contribution is 2.37. The first-order chi connectivity index (χ1) is 23.7. The van der Waals surface area contributed by atoms with Crippen molar-refractivity contribution in [1.29, 1.82) is 5.26 Å². The Morgan fingerprint density at radius 1 is 0.333 bits per heavy atom. The highest BCUT2D eigenvalue weighted by molar-refractivity contribution is 6.05. The van der Waals surface area contributed by atoms with Crippen LogP contribution in [0.4, 0.5) is 0 Å². The molecular formula is C44H28N4. The van der Waals surface area contributed by atoms with E-state index in [9.17, 15) is 5.26 Å². The first kappa shape index (κ1) is 28.8. The molecule has 8 aromatic rings. The highest BCUT2D eigenvalue weighted by Gasteiger charge is 2.14. The Morgan fingerprint density at radius 3 is 1.27 bits per heavy atom. The van der Waals surface area contributed by atoms with Crippen molar-refractivity contribution in [3.63, 3.8) is 0 Å². The molecule has 0 aliphatic rings. The second-order valence-corrected chi connectivity index (χ2v) is 11.6. The van der Waals surface area contributed by atoms with Gasteiger partial charge in [-0.15, -0.1) is 0 Å². The fourth-order valence-electron chi connectivity index (χ4n) is 6.14. The normalized spacial score (nSPS) is 10.9. The second kappa shape index (κ2) is 12.6. The van der Waals surface area contributed by atoms with Gasteiger partial charge in [-0.05, 0) is 62.4 Å². The molecule has 0 radical (unpaired) electrons. The highest BCUT2D eigenvalue weighted by atomic mass is 15.0. The molecule has 224 valence electrons. The van der Waals surface area contributed by atoms with Crippen molar-refractivity contribution in [2.75, 3.05) is 0 Å². The lowest BCUT2D eigenvalue weighted by molar-refractivity contribution is 1.07.